The Labute approximate surface area is 172 Å². The molecule has 0 heterocycles. The third-order valence-electron chi connectivity index (χ3n) is 4.93. The van der Waals surface area contributed by atoms with E-state index in [0.717, 1.165) is 6.42 Å². The molecule has 2 amide bonds. The zero-order valence-electron chi connectivity index (χ0n) is 17.6. The molecule has 2 N–H and O–H groups in total. The lowest BCUT2D eigenvalue weighted by molar-refractivity contribution is -0.118. The molecule has 0 bridgehead atoms. The van der Waals surface area contributed by atoms with Gasteiger partial charge in [-0.2, -0.15) is 0 Å². The van der Waals surface area contributed by atoms with Crippen LogP contribution in [0.1, 0.15) is 43.1 Å². The van der Waals surface area contributed by atoms with Crippen LogP contribution in [0.15, 0.2) is 48.5 Å². The van der Waals surface area contributed by atoms with Crippen LogP contribution >= 0.6 is 0 Å². The number of nitrogens with one attached hydrogen (secondary N) is 2. The van der Waals surface area contributed by atoms with Crippen LogP contribution in [-0.2, 0) is 14.9 Å². The van der Waals surface area contributed by atoms with Crippen molar-refractivity contribution >= 4 is 17.5 Å². The summed E-state index contributed by atoms with van der Waals surface area (Å²) >= 11 is 0. The molecule has 29 heavy (non-hydrogen) atoms. The number of anilines is 1. The van der Waals surface area contributed by atoms with Crippen molar-refractivity contribution in [1.29, 1.82) is 0 Å². The van der Waals surface area contributed by atoms with E-state index in [1.54, 1.807) is 31.4 Å². The lowest BCUT2D eigenvalue weighted by Gasteiger charge is -2.23. The molecule has 6 nitrogen and oxygen atoms in total. The Balaban J connectivity index is 1.94. The van der Waals surface area contributed by atoms with Crippen molar-refractivity contribution < 1.29 is 19.1 Å². The number of amides is 2. The van der Waals surface area contributed by atoms with Crippen LogP contribution in [0, 0.1) is 0 Å². The van der Waals surface area contributed by atoms with Crippen LogP contribution < -0.4 is 15.4 Å². The minimum absolute atomic E-state index is 0.101. The van der Waals surface area contributed by atoms with Gasteiger partial charge in [-0.1, -0.05) is 45.0 Å². The maximum absolute atomic E-state index is 12.3. The van der Waals surface area contributed by atoms with E-state index in [1.165, 1.54) is 5.56 Å². The van der Waals surface area contributed by atoms with Crippen molar-refractivity contribution in [3.8, 4) is 5.75 Å². The molecule has 0 aliphatic carbocycles. The summed E-state index contributed by atoms with van der Waals surface area (Å²) in [5, 5.41) is 5.49. The van der Waals surface area contributed by atoms with E-state index in [2.05, 4.69) is 31.4 Å². The quantitative estimate of drug-likeness (QED) is 0.598. The Bertz CT molecular complexity index is 816. The molecular weight excluding hydrogens is 368 g/mol. The normalized spacial score (nSPS) is 11.0. The van der Waals surface area contributed by atoms with Gasteiger partial charge in [0.2, 0.25) is 0 Å². The summed E-state index contributed by atoms with van der Waals surface area (Å²) in [6.07, 6.45) is 1.04. The Kier molecular flexibility index (Phi) is 8.21. The molecule has 156 valence electrons. The van der Waals surface area contributed by atoms with Gasteiger partial charge in [0, 0.05) is 13.7 Å². The van der Waals surface area contributed by atoms with E-state index in [0.29, 0.717) is 30.2 Å². The van der Waals surface area contributed by atoms with E-state index in [9.17, 15) is 9.59 Å². The second kappa shape index (κ2) is 10.6. The molecule has 6 heteroatoms. The molecule has 0 saturated carbocycles. The lowest BCUT2D eigenvalue weighted by Crippen LogP contribution is -2.28. The first-order valence-corrected chi connectivity index (χ1v) is 9.76. The van der Waals surface area contributed by atoms with Crippen LogP contribution in [0.5, 0.6) is 5.75 Å². The first-order valence-electron chi connectivity index (χ1n) is 9.76. The van der Waals surface area contributed by atoms with Gasteiger partial charge < -0.3 is 20.1 Å². The highest BCUT2D eigenvalue weighted by molar-refractivity contribution is 6.04. The molecule has 0 aliphatic heterocycles. The maximum Gasteiger partial charge on any atom is 0.262 e. The van der Waals surface area contributed by atoms with Gasteiger partial charge in [0.05, 0.1) is 17.9 Å². The molecule has 0 fully saturated rings. The number of rotatable bonds is 10. The third-order valence-corrected chi connectivity index (χ3v) is 4.93. The summed E-state index contributed by atoms with van der Waals surface area (Å²) < 4.78 is 10.5. The zero-order valence-corrected chi connectivity index (χ0v) is 17.6. The molecule has 0 unspecified atom stereocenters. The monoisotopic (exact) mass is 398 g/mol. The topological polar surface area (TPSA) is 76.7 Å². The van der Waals surface area contributed by atoms with Crippen LogP contribution in [0.2, 0.25) is 0 Å². The van der Waals surface area contributed by atoms with E-state index in [-0.39, 0.29) is 23.8 Å². The summed E-state index contributed by atoms with van der Waals surface area (Å²) in [5.41, 5.74) is 2.16. The maximum atomic E-state index is 12.3. The molecule has 0 radical (unpaired) electrons. The fraction of sp³-hybridized carbons (Fsp3) is 0.391. The molecule has 0 spiro atoms. The second-order valence-electron chi connectivity index (χ2n) is 7.39. The highest BCUT2D eigenvalue weighted by Gasteiger charge is 2.18. The van der Waals surface area contributed by atoms with Crippen molar-refractivity contribution in [1.82, 2.24) is 5.32 Å². The van der Waals surface area contributed by atoms with E-state index >= 15 is 0 Å². The first kappa shape index (κ1) is 22.4. The van der Waals surface area contributed by atoms with Crippen molar-refractivity contribution in [3.63, 3.8) is 0 Å². The van der Waals surface area contributed by atoms with E-state index < -0.39 is 0 Å². The minimum atomic E-state index is -0.333. The molecule has 0 atom stereocenters. The fourth-order valence-electron chi connectivity index (χ4n) is 2.69. The van der Waals surface area contributed by atoms with Crippen molar-refractivity contribution in [2.24, 2.45) is 0 Å². The van der Waals surface area contributed by atoms with Crippen molar-refractivity contribution in [3.05, 3.63) is 59.7 Å². The largest absolute Gasteiger partial charge is 0.484 e. The van der Waals surface area contributed by atoms with Gasteiger partial charge in [-0.15, -0.1) is 0 Å². The van der Waals surface area contributed by atoms with Crippen molar-refractivity contribution in [2.75, 3.05) is 32.2 Å². The Morgan fingerprint density at radius 1 is 1.03 bits per heavy atom. The van der Waals surface area contributed by atoms with Gasteiger partial charge in [-0.05, 0) is 41.7 Å². The number of hydrogen-bond donors (Lipinski definition) is 2. The number of carbonyl (C=O) groups excluding carboxylic acids is 2. The summed E-state index contributed by atoms with van der Waals surface area (Å²) in [6, 6.07) is 14.6. The number of ether oxygens (including phenoxy) is 2. The molecule has 2 aromatic carbocycles. The van der Waals surface area contributed by atoms with Crippen LogP contribution in [0.3, 0.4) is 0 Å². The van der Waals surface area contributed by atoms with Crippen LogP contribution in [0.4, 0.5) is 5.69 Å². The highest BCUT2D eigenvalue weighted by atomic mass is 16.5. The van der Waals surface area contributed by atoms with Gasteiger partial charge in [0.15, 0.2) is 6.61 Å². The molecule has 0 saturated heterocycles. The fourth-order valence-corrected chi connectivity index (χ4v) is 2.69. The Morgan fingerprint density at radius 2 is 1.72 bits per heavy atom. The van der Waals surface area contributed by atoms with E-state index in [1.807, 2.05) is 24.3 Å². The average Bonchev–Trinajstić information content (AvgIpc) is 2.73. The summed E-state index contributed by atoms with van der Waals surface area (Å²) in [4.78, 5) is 24.6. The molecule has 0 aliphatic rings. The number of methoxy groups -OCH3 is 1. The van der Waals surface area contributed by atoms with Crippen LogP contribution in [-0.4, -0.2) is 38.7 Å². The predicted molar refractivity (Wildman–Crippen MR) is 115 cm³/mol. The average molecular weight is 399 g/mol. The standard InChI is InChI=1S/C23H30N2O4/c1-5-23(2,3)17-10-12-18(13-11-17)29-16-21(26)25-20-9-7-6-8-19(20)22(27)24-14-15-28-4/h6-13H,5,14-16H2,1-4H3,(H,24,27)(H,25,26). The predicted octanol–water partition coefficient (Wildman–Crippen LogP) is 3.77. The highest BCUT2D eigenvalue weighted by Crippen LogP contribution is 2.28. The second-order valence-corrected chi connectivity index (χ2v) is 7.39. The first-order chi connectivity index (χ1) is 13.9. The molecular formula is C23H30N2O4. The third kappa shape index (κ3) is 6.61. The number of hydrogen-bond acceptors (Lipinski definition) is 4. The SMILES string of the molecule is CCC(C)(C)c1ccc(OCC(=O)Nc2ccccc2C(=O)NCCOC)cc1. The molecule has 2 rings (SSSR count). The van der Waals surface area contributed by atoms with Gasteiger partial charge in [-0.25, -0.2) is 0 Å². The van der Waals surface area contributed by atoms with Gasteiger partial charge >= 0.3 is 0 Å². The Morgan fingerprint density at radius 3 is 2.38 bits per heavy atom. The smallest absolute Gasteiger partial charge is 0.262 e. The number of para-hydroxylation sites is 1. The van der Waals surface area contributed by atoms with Crippen molar-refractivity contribution in [2.45, 2.75) is 32.6 Å². The number of carbonyl (C=O) groups is 2. The minimum Gasteiger partial charge on any atom is -0.484 e. The lowest BCUT2D eigenvalue weighted by atomic mass is 9.82. The van der Waals surface area contributed by atoms with Gasteiger partial charge in [0.1, 0.15) is 5.75 Å². The number of benzene rings is 2. The molecule has 0 aromatic heterocycles. The van der Waals surface area contributed by atoms with E-state index in [4.69, 9.17) is 9.47 Å². The van der Waals surface area contributed by atoms with Gasteiger partial charge in [-0.3, -0.25) is 9.59 Å². The Hall–Kier alpha value is -2.86. The summed E-state index contributed by atoms with van der Waals surface area (Å²) in [5.74, 6) is 0.0227. The van der Waals surface area contributed by atoms with Crippen LogP contribution in [0.25, 0.3) is 0 Å². The summed E-state index contributed by atoms with van der Waals surface area (Å²) in [6.45, 7) is 7.22. The van der Waals surface area contributed by atoms with Gasteiger partial charge in [0.25, 0.3) is 11.8 Å². The zero-order chi connectivity index (χ0) is 21.3. The molecule has 2 aromatic rings. The summed E-state index contributed by atoms with van der Waals surface area (Å²) in [7, 11) is 1.57.